The van der Waals surface area contributed by atoms with Crippen molar-refractivity contribution in [3.63, 3.8) is 0 Å². The lowest BCUT2D eigenvalue weighted by atomic mass is 10.2. The molecule has 0 amide bonds. The molecule has 0 radical (unpaired) electrons. The minimum atomic E-state index is 1.03. The van der Waals surface area contributed by atoms with Gasteiger partial charge in [-0.05, 0) is 44.4 Å². The van der Waals surface area contributed by atoms with E-state index < -0.39 is 0 Å². The molecule has 1 rings (SSSR count). The highest BCUT2D eigenvalue weighted by Gasteiger charge is 1.97. The molecule has 1 heterocycles. The summed E-state index contributed by atoms with van der Waals surface area (Å²) in [5.41, 5.74) is 3.34. The Morgan fingerprint density at radius 1 is 1.36 bits per heavy atom. The number of thioether (sulfide) groups is 1. The molecular formula is C11H18N2S. The summed E-state index contributed by atoms with van der Waals surface area (Å²) in [7, 11) is 0. The molecule has 0 aliphatic rings. The third kappa shape index (κ3) is 3.58. The van der Waals surface area contributed by atoms with E-state index in [-0.39, 0.29) is 0 Å². The monoisotopic (exact) mass is 210 g/mol. The van der Waals surface area contributed by atoms with Crippen LogP contribution in [0.4, 0.5) is 5.69 Å². The van der Waals surface area contributed by atoms with Gasteiger partial charge in [-0.15, -0.1) is 0 Å². The van der Waals surface area contributed by atoms with E-state index in [1.54, 1.807) is 0 Å². The maximum atomic E-state index is 4.40. The van der Waals surface area contributed by atoms with E-state index in [1.807, 2.05) is 31.7 Å². The van der Waals surface area contributed by atoms with E-state index in [0.717, 1.165) is 23.6 Å². The summed E-state index contributed by atoms with van der Waals surface area (Å²) < 4.78 is 0. The van der Waals surface area contributed by atoms with E-state index in [2.05, 4.69) is 22.6 Å². The Labute approximate surface area is 90.5 Å². The molecule has 0 aliphatic carbocycles. The topological polar surface area (TPSA) is 24.9 Å². The molecule has 2 nitrogen and oxygen atoms in total. The summed E-state index contributed by atoms with van der Waals surface area (Å²) in [5.74, 6) is 1.21. The van der Waals surface area contributed by atoms with Gasteiger partial charge in [0.05, 0.1) is 11.4 Å². The van der Waals surface area contributed by atoms with Gasteiger partial charge in [0, 0.05) is 12.2 Å². The molecule has 0 aromatic carbocycles. The highest BCUT2D eigenvalue weighted by Crippen LogP contribution is 2.12. The number of pyridine rings is 1. The van der Waals surface area contributed by atoms with Crippen LogP contribution in [0.2, 0.25) is 0 Å². The summed E-state index contributed by atoms with van der Waals surface area (Å²) in [6.45, 7) is 5.10. The molecule has 0 aliphatic heterocycles. The van der Waals surface area contributed by atoms with Crippen LogP contribution in [0.25, 0.3) is 0 Å². The fourth-order valence-corrected chi connectivity index (χ4v) is 1.75. The highest BCUT2D eigenvalue weighted by molar-refractivity contribution is 7.98. The smallest absolute Gasteiger partial charge is 0.0606 e. The van der Waals surface area contributed by atoms with Crippen molar-refractivity contribution in [2.24, 2.45) is 0 Å². The van der Waals surface area contributed by atoms with Gasteiger partial charge in [-0.25, -0.2) is 0 Å². The van der Waals surface area contributed by atoms with E-state index in [1.165, 1.54) is 12.2 Å². The molecule has 0 unspecified atom stereocenters. The van der Waals surface area contributed by atoms with Crippen molar-refractivity contribution < 1.29 is 0 Å². The Morgan fingerprint density at radius 2 is 2.14 bits per heavy atom. The molecule has 0 saturated carbocycles. The number of nitrogens with one attached hydrogen (secondary N) is 1. The van der Waals surface area contributed by atoms with Gasteiger partial charge in [0.25, 0.3) is 0 Å². The molecule has 0 atom stereocenters. The molecule has 0 fully saturated rings. The van der Waals surface area contributed by atoms with E-state index in [4.69, 9.17) is 0 Å². The Morgan fingerprint density at radius 3 is 2.79 bits per heavy atom. The maximum absolute atomic E-state index is 4.40. The fraction of sp³-hybridized carbons (Fsp3) is 0.545. The molecule has 1 aromatic rings. The third-order valence-electron chi connectivity index (χ3n) is 2.07. The third-order valence-corrected chi connectivity index (χ3v) is 2.76. The zero-order valence-corrected chi connectivity index (χ0v) is 9.95. The van der Waals surface area contributed by atoms with Crippen molar-refractivity contribution in [1.82, 2.24) is 4.98 Å². The fourth-order valence-electron chi connectivity index (χ4n) is 1.31. The number of aromatic nitrogens is 1. The first-order chi connectivity index (χ1) is 6.74. The Kier molecular flexibility index (Phi) is 4.80. The minimum Gasteiger partial charge on any atom is -0.384 e. The standard InChI is InChI=1S/C11H18N2S/c1-9-5-6-11(10(2)13-9)12-7-4-8-14-3/h5-6,12H,4,7-8H2,1-3H3. The predicted octanol–water partition coefficient (Wildman–Crippen LogP) is 2.86. The van der Waals surface area contributed by atoms with Crippen molar-refractivity contribution in [1.29, 1.82) is 0 Å². The molecule has 1 N–H and O–H groups in total. The second-order valence-corrected chi connectivity index (χ2v) is 4.34. The predicted molar refractivity (Wildman–Crippen MR) is 65.2 cm³/mol. The van der Waals surface area contributed by atoms with Crippen LogP contribution in [-0.4, -0.2) is 23.5 Å². The number of hydrogen-bond donors (Lipinski definition) is 1. The molecule has 0 bridgehead atoms. The minimum absolute atomic E-state index is 1.03. The molecule has 0 spiro atoms. The molecule has 0 saturated heterocycles. The molecule has 3 heteroatoms. The van der Waals surface area contributed by atoms with Gasteiger partial charge >= 0.3 is 0 Å². The van der Waals surface area contributed by atoms with Crippen molar-refractivity contribution in [2.75, 3.05) is 23.9 Å². The van der Waals surface area contributed by atoms with E-state index in [9.17, 15) is 0 Å². The van der Waals surface area contributed by atoms with Gasteiger partial charge in [-0.3, -0.25) is 4.98 Å². The number of aryl methyl sites for hydroxylation is 2. The van der Waals surface area contributed by atoms with Gasteiger partial charge in [0.2, 0.25) is 0 Å². The van der Waals surface area contributed by atoms with Gasteiger partial charge in [-0.1, -0.05) is 0 Å². The van der Waals surface area contributed by atoms with Crippen LogP contribution in [0.3, 0.4) is 0 Å². The second-order valence-electron chi connectivity index (χ2n) is 3.36. The van der Waals surface area contributed by atoms with Gasteiger partial charge < -0.3 is 5.32 Å². The van der Waals surface area contributed by atoms with Gasteiger partial charge in [-0.2, -0.15) is 11.8 Å². The van der Waals surface area contributed by atoms with Crippen molar-refractivity contribution in [3.8, 4) is 0 Å². The first kappa shape index (κ1) is 11.4. The first-order valence-electron chi connectivity index (χ1n) is 4.91. The van der Waals surface area contributed by atoms with E-state index in [0.29, 0.717) is 0 Å². The van der Waals surface area contributed by atoms with Gasteiger partial charge in [0.15, 0.2) is 0 Å². The van der Waals surface area contributed by atoms with Crippen molar-refractivity contribution >= 4 is 17.4 Å². The maximum Gasteiger partial charge on any atom is 0.0606 e. The van der Waals surface area contributed by atoms with Crippen molar-refractivity contribution in [3.05, 3.63) is 23.5 Å². The zero-order valence-electron chi connectivity index (χ0n) is 9.13. The molecule has 14 heavy (non-hydrogen) atoms. The SMILES string of the molecule is CSCCCNc1ccc(C)nc1C. The van der Waals surface area contributed by atoms with Crippen LogP contribution in [-0.2, 0) is 0 Å². The Bertz CT molecular complexity index is 287. The summed E-state index contributed by atoms with van der Waals surface area (Å²) in [6, 6.07) is 4.15. The number of rotatable bonds is 5. The summed E-state index contributed by atoms with van der Waals surface area (Å²) in [5, 5.41) is 3.40. The quantitative estimate of drug-likeness (QED) is 0.756. The molecule has 78 valence electrons. The van der Waals surface area contributed by atoms with Crippen LogP contribution in [0.5, 0.6) is 0 Å². The van der Waals surface area contributed by atoms with Crippen LogP contribution in [0, 0.1) is 13.8 Å². The van der Waals surface area contributed by atoms with E-state index >= 15 is 0 Å². The average molecular weight is 210 g/mol. The highest BCUT2D eigenvalue weighted by atomic mass is 32.2. The van der Waals surface area contributed by atoms with Crippen LogP contribution < -0.4 is 5.32 Å². The Hall–Kier alpha value is -0.700. The zero-order chi connectivity index (χ0) is 10.4. The van der Waals surface area contributed by atoms with Crippen molar-refractivity contribution in [2.45, 2.75) is 20.3 Å². The number of anilines is 1. The molecular weight excluding hydrogens is 192 g/mol. The lowest BCUT2D eigenvalue weighted by Crippen LogP contribution is -2.05. The molecule has 1 aromatic heterocycles. The number of hydrogen-bond acceptors (Lipinski definition) is 3. The second kappa shape index (κ2) is 5.91. The van der Waals surface area contributed by atoms with Crippen LogP contribution >= 0.6 is 11.8 Å². The largest absolute Gasteiger partial charge is 0.384 e. The van der Waals surface area contributed by atoms with Crippen LogP contribution in [0.1, 0.15) is 17.8 Å². The summed E-state index contributed by atoms with van der Waals surface area (Å²) >= 11 is 1.89. The summed E-state index contributed by atoms with van der Waals surface area (Å²) in [4.78, 5) is 4.40. The Balaban J connectivity index is 2.42. The normalized spacial score (nSPS) is 10.2. The number of nitrogens with zero attached hydrogens (tertiary/aromatic N) is 1. The summed E-state index contributed by atoms with van der Waals surface area (Å²) in [6.07, 6.45) is 3.34. The van der Waals surface area contributed by atoms with Crippen LogP contribution in [0.15, 0.2) is 12.1 Å². The first-order valence-corrected chi connectivity index (χ1v) is 6.30. The lowest BCUT2D eigenvalue weighted by molar-refractivity contribution is 0.982. The average Bonchev–Trinajstić information content (AvgIpc) is 2.15. The lowest BCUT2D eigenvalue weighted by Gasteiger charge is -2.08. The van der Waals surface area contributed by atoms with Gasteiger partial charge in [0.1, 0.15) is 0 Å².